The molecular weight excluding hydrogens is 417 g/mol. The number of carbonyl (C=O) groups excluding carboxylic acids is 1. The van der Waals surface area contributed by atoms with Gasteiger partial charge < -0.3 is 15.4 Å². The molecule has 122 valence electrons. The van der Waals surface area contributed by atoms with Crippen LogP contribution in [0.3, 0.4) is 0 Å². The maximum Gasteiger partial charge on any atom is 0.267 e. The molecule has 0 atom stereocenters. The third-order valence-corrected chi connectivity index (χ3v) is 3.93. The van der Waals surface area contributed by atoms with Crippen molar-refractivity contribution in [2.24, 2.45) is 0 Å². The Labute approximate surface area is 154 Å². The number of hydrogen-bond donors (Lipinski definition) is 2. The second-order valence-electron chi connectivity index (χ2n) is 4.96. The van der Waals surface area contributed by atoms with E-state index < -0.39 is 5.91 Å². The molecule has 0 saturated heterocycles. The summed E-state index contributed by atoms with van der Waals surface area (Å²) in [5, 5.41) is 14.9. The van der Waals surface area contributed by atoms with Crippen LogP contribution in [-0.2, 0) is 4.79 Å². The fourth-order valence-corrected chi connectivity index (χ4v) is 2.62. The predicted molar refractivity (Wildman–Crippen MR) is 103 cm³/mol. The average Bonchev–Trinajstić information content (AvgIpc) is 2.58. The quantitative estimate of drug-likeness (QED) is 0.424. The molecule has 0 fully saturated rings. The first kappa shape index (κ1) is 17.8. The standard InChI is InChI=1S/C18H16IN3O2/c1-12-8-14(19)6-7-17(12)22-18(23)13(10-20)11-21-15-4-3-5-16(9-15)24-2/h3-9,11,21H,1-2H3,(H,22,23)/b13-11-. The third kappa shape index (κ3) is 4.73. The molecule has 0 aliphatic carbocycles. The number of nitrogens with one attached hydrogen (secondary N) is 2. The van der Waals surface area contributed by atoms with Gasteiger partial charge in [-0.3, -0.25) is 4.79 Å². The fraction of sp³-hybridized carbons (Fsp3) is 0.111. The van der Waals surface area contributed by atoms with Gasteiger partial charge in [0.15, 0.2) is 0 Å². The van der Waals surface area contributed by atoms with Crippen LogP contribution >= 0.6 is 22.6 Å². The number of nitrogens with zero attached hydrogens (tertiary/aromatic N) is 1. The number of amides is 1. The number of aryl methyl sites for hydroxylation is 1. The van der Waals surface area contributed by atoms with Gasteiger partial charge in [0.2, 0.25) is 0 Å². The highest BCUT2D eigenvalue weighted by molar-refractivity contribution is 14.1. The largest absolute Gasteiger partial charge is 0.497 e. The van der Waals surface area contributed by atoms with Crippen LogP contribution in [0, 0.1) is 21.8 Å². The molecule has 0 unspecified atom stereocenters. The topological polar surface area (TPSA) is 74.1 Å². The van der Waals surface area contributed by atoms with Crippen LogP contribution in [0.25, 0.3) is 0 Å². The Balaban J connectivity index is 2.12. The lowest BCUT2D eigenvalue weighted by Gasteiger charge is -2.09. The fourth-order valence-electron chi connectivity index (χ4n) is 1.97. The van der Waals surface area contributed by atoms with Crippen molar-refractivity contribution in [3.8, 4) is 11.8 Å². The molecular formula is C18H16IN3O2. The van der Waals surface area contributed by atoms with Crippen molar-refractivity contribution in [2.45, 2.75) is 6.92 Å². The second-order valence-corrected chi connectivity index (χ2v) is 6.21. The van der Waals surface area contributed by atoms with Gasteiger partial charge in [-0.2, -0.15) is 5.26 Å². The van der Waals surface area contributed by atoms with E-state index in [2.05, 4.69) is 33.2 Å². The van der Waals surface area contributed by atoms with Gasteiger partial charge in [0, 0.05) is 27.2 Å². The van der Waals surface area contributed by atoms with E-state index in [4.69, 9.17) is 4.74 Å². The number of hydrogen-bond acceptors (Lipinski definition) is 4. The van der Waals surface area contributed by atoms with Crippen molar-refractivity contribution in [1.29, 1.82) is 5.26 Å². The highest BCUT2D eigenvalue weighted by Gasteiger charge is 2.10. The number of ether oxygens (including phenoxy) is 1. The molecule has 24 heavy (non-hydrogen) atoms. The van der Waals surface area contributed by atoms with Crippen molar-refractivity contribution < 1.29 is 9.53 Å². The van der Waals surface area contributed by atoms with Gasteiger partial charge in [0.1, 0.15) is 17.4 Å². The Kier molecular flexibility index (Phi) is 6.21. The lowest BCUT2D eigenvalue weighted by atomic mass is 10.2. The van der Waals surface area contributed by atoms with E-state index in [1.165, 1.54) is 6.20 Å². The monoisotopic (exact) mass is 433 g/mol. The van der Waals surface area contributed by atoms with Crippen LogP contribution in [0.2, 0.25) is 0 Å². The Morgan fingerprint density at radius 2 is 2.08 bits per heavy atom. The molecule has 5 nitrogen and oxygen atoms in total. The van der Waals surface area contributed by atoms with Crippen LogP contribution in [0.15, 0.2) is 54.2 Å². The summed E-state index contributed by atoms with van der Waals surface area (Å²) in [6.07, 6.45) is 1.38. The highest BCUT2D eigenvalue weighted by Crippen LogP contribution is 2.19. The minimum absolute atomic E-state index is 0.0178. The molecule has 0 bridgehead atoms. The van der Waals surface area contributed by atoms with Gasteiger partial charge in [-0.05, 0) is 65.4 Å². The Morgan fingerprint density at radius 1 is 1.29 bits per heavy atom. The summed E-state index contributed by atoms with van der Waals surface area (Å²) in [6.45, 7) is 1.90. The first-order valence-electron chi connectivity index (χ1n) is 7.12. The summed E-state index contributed by atoms with van der Waals surface area (Å²) >= 11 is 2.21. The first-order chi connectivity index (χ1) is 11.5. The summed E-state index contributed by atoms with van der Waals surface area (Å²) in [5.41, 5.74) is 2.33. The van der Waals surface area contributed by atoms with Crippen molar-refractivity contribution in [1.82, 2.24) is 0 Å². The van der Waals surface area contributed by atoms with Crippen LogP contribution in [-0.4, -0.2) is 13.0 Å². The van der Waals surface area contributed by atoms with Gasteiger partial charge >= 0.3 is 0 Å². The summed E-state index contributed by atoms with van der Waals surface area (Å²) in [5.74, 6) is 0.225. The van der Waals surface area contributed by atoms with Crippen molar-refractivity contribution >= 4 is 39.9 Å². The normalized spacial score (nSPS) is 10.7. The molecule has 2 N–H and O–H groups in total. The van der Waals surface area contributed by atoms with Gasteiger partial charge in [-0.15, -0.1) is 0 Å². The summed E-state index contributed by atoms with van der Waals surface area (Å²) in [6, 6.07) is 14.8. The van der Waals surface area contributed by atoms with Crippen LogP contribution in [0.4, 0.5) is 11.4 Å². The number of carbonyl (C=O) groups is 1. The molecule has 0 radical (unpaired) electrons. The van der Waals surface area contributed by atoms with Crippen molar-refractivity contribution in [2.75, 3.05) is 17.7 Å². The molecule has 0 heterocycles. The lowest BCUT2D eigenvalue weighted by molar-refractivity contribution is -0.112. The maximum atomic E-state index is 12.3. The average molecular weight is 433 g/mol. The molecule has 0 aliphatic heterocycles. The zero-order valence-corrected chi connectivity index (χ0v) is 15.4. The number of nitriles is 1. The highest BCUT2D eigenvalue weighted by atomic mass is 127. The molecule has 2 aromatic rings. The molecule has 0 spiro atoms. The number of benzene rings is 2. The van der Waals surface area contributed by atoms with E-state index >= 15 is 0 Å². The van der Waals surface area contributed by atoms with E-state index in [-0.39, 0.29) is 5.57 Å². The van der Waals surface area contributed by atoms with Crippen molar-refractivity contribution in [3.05, 3.63) is 63.4 Å². The van der Waals surface area contributed by atoms with Crippen LogP contribution in [0.5, 0.6) is 5.75 Å². The smallest absolute Gasteiger partial charge is 0.267 e. The van der Waals surface area contributed by atoms with E-state index in [0.29, 0.717) is 11.4 Å². The minimum Gasteiger partial charge on any atom is -0.497 e. The van der Waals surface area contributed by atoms with Crippen LogP contribution < -0.4 is 15.4 Å². The molecule has 2 aromatic carbocycles. The Morgan fingerprint density at radius 3 is 2.75 bits per heavy atom. The molecule has 6 heteroatoms. The second kappa shape index (κ2) is 8.36. The minimum atomic E-state index is -0.461. The number of halogens is 1. The third-order valence-electron chi connectivity index (χ3n) is 3.25. The lowest BCUT2D eigenvalue weighted by Crippen LogP contribution is -2.15. The molecule has 0 saturated carbocycles. The van der Waals surface area contributed by atoms with Crippen molar-refractivity contribution in [3.63, 3.8) is 0 Å². The zero-order chi connectivity index (χ0) is 17.5. The predicted octanol–water partition coefficient (Wildman–Crippen LogP) is 4.07. The number of methoxy groups -OCH3 is 1. The molecule has 0 aromatic heterocycles. The number of rotatable bonds is 5. The van der Waals surface area contributed by atoms with Gasteiger partial charge in [-0.25, -0.2) is 0 Å². The maximum absolute atomic E-state index is 12.3. The molecule has 2 rings (SSSR count). The number of anilines is 2. The van der Waals surface area contributed by atoms with Gasteiger partial charge in [0.05, 0.1) is 7.11 Å². The molecule has 1 amide bonds. The summed E-state index contributed by atoms with van der Waals surface area (Å²) < 4.78 is 6.21. The first-order valence-corrected chi connectivity index (χ1v) is 8.19. The Bertz CT molecular complexity index is 825. The molecule has 0 aliphatic rings. The summed E-state index contributed by atoms with van der Waals surface area (Å²) in [7, 11) is 1.58. The van der Waals surface area contributed by atoms with E-state index in [9.17, 15) is 10.1 Å². The van der Waals surface area contributed by atoms with E-state index in [0.717, 1.165) is 14.8 Å². The zero-order valence-electron chi connectivity index (χ0n) is 13.3. The van der Waals surface area contributed by atoms with Gasteiger partial charge in [0.25, 0.3) is 5.91 Å². The Hall–Kier alpha value is -2.53. The van der Waals surface area contributed by atoms with Gasteiger partial charge in [-0.1, -0.05) is 6.07 Å². The van der Waals surface area contributed by atoms with Crippen LogP contribution in [0.1, 0.15) is 5.56 Å². The van der Waals surface area contributed by atoms with E-state index in [1.807, 2.05) is 49.4 Å². The SMILES string of the molecule is COc1cccc(N/C=C(/C#N)C(=O)Nc2ccc(I)cc2C)c1. The van der Waals surface area contributed by atoms with E-state index in [1.54, 1.807) is 13.2 Å². The summed E-state index contributed by atoms with van der Waals surface area (Å²) in [4.78, 5) is 12.3.